The lowest BCUT2D eigenvalue weighted by Gasteiger charge is -2.31. The first-order chi connectivity index (χ1) is 5.47. The van der Waals surface area contributed by atoms with Gasteiger partial charge >= 0.3 is 0 Å². The van der Waals surface area contributed by atoms with Gasteiger partial charge in [0, 0.05) is 6.04 Å². The molecule has 0 N–H and O–H groups in total. The number of hydrogen-bond acceptors (Lipinski definition) is 1. The van der Waals surface area contributed by atoms with Gasteiger partial charge < -0.3 is 4.90 Å². The number of likely N-dealkylation sites (tertiary alicyclic amines) is 1. The normalized spacial score (nSPS) is 29.5. The number of nitrogens with zero attached hydrogens (tertiary/aromatic N) is 1. The molecule has 64 valence electrons. The Morgan fingerprint density at radius 1 is 0.727 bits per heavy atom. The summed E-state index contributed by atoms with van der Waals surface area (Å²) in [4.78, 5) is 2.73. The summed E-state index contributed by atoms with van der Waals surface area (Å²) in [5.74, 6) is 0. The third-order valence-electron chi connectivity index (χ3n) is 3.23. The Morgan fingerprint density at radius 2 is 1.36 bits per heavy atom. The van der Waals surface area contributed by atoms with E-state index < -0.39 is 0 Å². The van der Waals surface area contributed by atoms with Crippen LogP contribution in [-0.4, -0.2) is 24.0 Å². The lowest BCUT2D eigenvalue weighted by atomic mass is 10.1. The summed E-state index contributed by atoms with van der Waals surface area (Å²) >= 11 is 0. The predicted octanol–water partition coefficient (Wildman–Crippen LogP) is 2.41. The van der Waals surface area contributed by atoms with Gasteiger partial charge in [-0.15, -0.1) is 0 Å². The summed E-state index contributed by atoms with van der Waals surface area (Å²) in [6.45, 7) is 2.79. The van der Waals surface area contributed by atoms with Crippen molar-refractivity contribution in [1.29, 1.82) is 0 Å². The predicted molar refractivity (Wildman–Crippen MR) is 47.7 cm³/mol. The van der Waals surface area contributed by atoms with Gasteiger partial charge in [0.15, 0.2) is 0 Å². The summed E-state index contributed by atoms with van der Waals surface area (Å²) < 4.78 is 0. The van der Waals surface area contributed by atoms with Gasteiger partial charge in [0.2, 0.25) is 0 Å². The highest BCUT2D eigenvalue weighted by atomic mass is 15.2. The standard InChI is InChI=1S/C10H19N/c1-4-8-11(9-5-1)10-6-2-3-7-10/h10H,1-9H2. The third-order valence-corrected chi connectivity index (χ3v) is 3.23. The summed E-state index contributed by atoms with van der Waals surface area (Å²) in [5, 5.41) is 0. The van der Waals surface area contributed by atoms with Crippen LogP contribution < -0.4 is 0 Å². The Balaban J connectivity index is 1.82. The van der Waals surface area contributed by atoms with E-state index in [0.717, 1.165) is 6.04 Å². The molecule has 0 aromatic carbocycles. The van der Waals surface area contributed by atoms with Gasteiger partial charge in [-0.1, -0.05) is 19.3 Å². The summed E-state index contributed by atoms with van der Waals surface area (Å²) in [7, 11) is 0. The quantitative estimate of drug-likeness (QED) is 0.559. The maximum atomic E-state index is 2.73. The molecule has 0 unspecified atom stereocenters. The molecule has 1 nitrogen and oxygen atoms in total. The van der Waals surface area contributed by atoms with Crippen molar-refractivity contribution in [2.45, 2.75) is 51.0 Å². The molecule has 11 heavy (non-hydrogen) atoms. The van der Waals surface area contributed by atoms with E-state index in [0.29, 0.717) is 0 Å². The minimum Gasteiger partial charge on any atom is -0.300 e. The van der Waals surface area contributed by atoms with Gasteiger partial charge in [-0.25, -0.2) is 0 Å². The zero-order chi connectivity index (χ0) is 7.52. The Labute approximate surface area is 69.8 Å². The van der Waals surface area contributed by atoms with E-state index >= 15 is 0 Å². The number of piperidine rings is 1. The fourth-order valence-corrected chi connectivity index (χ4v) is 2.55. The van der Waals surface area contributed by atoms with Crippen molar-refractivity contribution in [3.63, 3.8) is 0 Å². The second-order valence-corrected chi connectivity index (χ2v) is 4.03. The van der Waals surface area contributed by atoms with Crippen LogP contribution in [0.25, 0.3) is 0 Å². The van der Waals surface area contributed by atoms with Crippen molar-refractivity contribution < 1.29 is 0 Å². The fraction of sp³-hybridized carbons (Fsp3) is 1.00. The van der Waals surface area contributed by atoms with Crippen molar-refractivity contribution in [1.82, 2.24) is 4.90 Å². The first-order valence-electron chi connectivity index (χ1n) is 5.21. The lowest BCUT2D eigenvalue weighted by molar-refractivity contribution is 0.165. The highest BCUT2D eigenvalue weighted by Gasteiger charge is 2.23. The molecule has 1 saturated heterocycles. The highest BCUT2D eigenvalue weighted by molar-refractivity contribution is 4.79. The molecule has 2 rings (SSSR count). The smallest absolute Gasteiger partial charge is 0.00952 e. The monoisotopic (exact) mass is 153 g/mol. The van der Waals surface area contributed by atoms with Crippen LogP contribution in [0.5, 0.6) is 0 Å². The number of hydrogen-bond donors (Lipinski definition) is 0. The van der Waals surface area contributed by atoms with Crippen LogP contribution in [0.1, 0.15) is 44.9 Å². The lowest BCUT2D eigenvalue weighted by Crippen LogP contribution is -2.37. The minimum atomic E-state index is 0.982. The Morgan fingerprint density at radius 3 is 2.00 bits per heavy atom. The van der Waals surface area contributed by atoms with Crippen LogP contribution in [0.2, 0.25) is 0 Å². The van der Waals surface area contributed by atoms with Crippen LogP contribution in [0.4, 0.5) is 0 Å². The zero-order valence-corrected chi connectivity index (χ0v) is 7.39. The topological polar surface area (TPSA) is 3.24 Å². The van der Waals surface area contributed by atoms with Crippen molar-refractivity contribution >= 4 is 0 Å². The molecule has 0 aromatic rings. The molecule has 1 heterocycles. The van der Waals surface area contributed by atoms with Gasteiger partial charge in [0.05, 0.1) is 0 Å². The van der Waals surface area contributed by atoms with Gasteiger partial charge in [0.25, 0.3) is 0 Å². The van der Waals surface area contributed by atoms with E-state index in [1.54, 1.807) is 0 Å². The van der Waals surface area contributed by atoms with Gasteiger partial charge in [-0.05, 0) is 38.8 Å². The molecule has 0 aromatic heterocycles. The van der Waals surface area contributed by atoms with Crippen molar-refractivity contribution in [3.05, 3.63) is 0 Å². The molecule has 0 atom stereocenters. The summed E-state index contributed by atoms with van der Waals surface area (Å²) in [6.07, 6.45) is 10.3. The molecule has 1 heteroatoms. The van der Waals surface area contributed by atoms with Gasteiger partial charge in [-0.3, -0.25) is 0 Å². The Kier molecular flexibility index (Phi) is 2.47. The molecule has 1 saturated carbocycles. The van der Waals surface area contributed by atoms with E-state index in [-0.39, 0.29) is 0 Å². The zero-order valence-electron chi connectivity index (χ0n) is 7.39. The highest BCUT2D eigenvalue weighted by Crippen LogP contribution is 2.25. The molecule has 2 fully saturated rings. The average molecular weight is 153 g/mol. The largest absolute Gasteiger partial charge is 0.300 e. The second kappa shape index (κ2) is 3.57. The maximum Gasteiger partial charge on any atom is 0.00952 e. The molecule has 0 radical (unpaired) electrons. The second-order valence-electron chi connectivity index (χ2n) is 4.03. The first kappa shape index (κ1) is 7.60. The summed E-state index contributed by atoms with van der Waals surface area (Å²) in [5.41, 5.74) is 0. The van der Waals surface area contributed by atoms with Gasteiger partial charge in [-0.2, -0.15) is 0 Å². The Hall–Kier alpha value is -0.0400. The Bertz CT molecular complexity index is 110. The van der Waals surface area contributed by atoms with Crippen LogP contribution in [0, 0.1) is 0 Å². The van der Waals surface area contributed by atoms with Crippen LogP contribution >= 0.6 is 0 Å². The molecule has 1 aliphatic carbocycles. The molecular formula is C10H19N. The van der Waals surface area contributed by atoms with Crippen molar-refractivity contribution in [2.75, 3.05) is 13.1 Å². The van der Waals surface area contributed by atoms with E-state index in [1.165, 1.54) is 58.0 Å². The molecule has 1 aliphatic heterocycles. The summed E-state index contributed by atoms with van der Waals surface area (Å²) in [6, 6.07) is 0.982. The van der Waals surface area contributed by atoms with Crippen molar-refractivity contribution in [2.24, 2.45) is 0 Å². The third kappa shape index (κ3) is 1.76. The first-order valence-corrected chi connectivity index (χ1v) is 5.21. The molecular weight excluding hydrogens is 134 g/mol. The van der Waals surface area contributed by atoms with Crippen molar-refractivity contribution in [3.8, 4) is 0 Å². The van der Waals surface area contributed by atoms with Crippen LogP contribution in [0.15, 0.2) is 0 Å². The molecule has 0 spiro atoms. The number of rotatable bonds is 1. The minimum absolute atomic E-state index is 0.982. The fourth-order valence-electron chi connectivity index (χ4n) is 2.55. The maximum absolute atomic E-state index is 2.73. The molecule has 0 amide bonds. The van der Waals surface area contributed by atoms with E-state index in [1.807, 2.05) is 0 Å². The molecule has 2 aliphatic rings. The SMILES string of the molecule is C1CCN(C2CCCC2)CC1. The van der Waals surface area contributed by atoms with E-state index in [2.05, 4.69) is 4.90 Å². The van der Waals surface area contributed by atoms with E-state index in [4.69, 9.17) is 0 Å². The van der Waals surface area contributed by atoms with Gasteiger partial charge in [0.1, 0.15) is 0 Å². The van der Waals surface area contributed by atoms with Crippen LogP contribution in [0.3, 0.4) is 0 Å². The van der Waals surface area contributed by atoms with Crippen LogP contribution in [-0.2, 0) is 0 Å². The van der Waals surface area contributed by atoms with E-state index in [9.17, 15) is 0 Å². The average Bonchev–Trinajstić information content (AvgIpc) is 2.58. The molecule has 0 bridgehead atoms.